The van der Waals surface area contributed by atoms with Gasteiger partial charge in [-0.3, -0.25) is 9.36 Å². The van der Waals surface area contributed by atoms with E-state index in [0.717, 1.165) is 26.2 Å². The molecule has 27 heavy (non-hydrogen) atoms. The molecule has 0 radical (unpaired) electrons. The van der Waals surface area contributed by atoms with E-state index in [1.54, 1.807) is 29.9 Å². The number of hydrogen-bond donors (Lipinski definition) is 0. The maximum atomic E-state index is 13.1. The Morgan fingerprint density at radius 2 is 2.15 bits per heavy atom. The third kappa shape index (κ3) is 3.23. The van der Waals surface area contributed by atoms with Crippen LogP contribution in [0.4, 0.5) is 4.79 Å². The van der Waals surface area contributed by atoms with E-state index in [9.17, 15) is 9.59 Å². The van der Waals surface area contributed by atoms with Crippen LogP contribution >= 0.6 is 11.3 Å². The zero-order chi connectivity index (χ0) is 19.1. The van der Waals surface area contributed by atoms with Gasteiger partial charge in [0.15, 0.2) is 0 Å². The van der Waals surface area contributed by atoms with Gasteiger partial charge in [-0.05, 0) is 24.5 Å². The molecule has 0 spiro atoms. The summed E-state index contributed by atoms with van der Waals surface area (Å²) in [4.78, 5) is 35.2. The molecule has 0 fully saturated rings. The largest absolute Gasteiger partial charge is 0.331 e. The molecule has 3 aromatic rings. The number of benzene rings is 1. The molecule has 1 aliphatic heterocycles. The second kappa shape index (κ2) is 6.81. The van der Waals surface area contributed by atoms with Gasteiger partial charge in [-0.25, -0.2) is 9.78 Å². The Kier molecular flexibility index (Phi) is 4.47. The molecule has 3 heterocycles. The van der Waals surface area contributed by atoms with Crippen molar-refractivity contribution in [3.8, 4) is 0 Å². The van der Waals surface area contributed by atoms with Crippen LogP contribution in [0.15, 0.2) is 35.4 Å². The van der Waals surface area contributed by atoms with Gasteiger partial charge in [-0.2, -0.15) is 0 Å². The molecule has 6 nitrogen and oxygen atoms in total. The van der Waals surface area contributed by atoms with E-state index < -0.39 is 0 Å². The lowest BCUT2D eigenvalue weighted by Gasteiger charge is -2.29. The van der Waals surface area contributed by atoms with E-state index in [0.29, 0.717) is 26.1 Å². The summed E-state index contributed by atoms with van der Waals surface area (Å²) in [5.74, 6) is 0. The van der Waals surface area contributed by atoms with Crippen LogP contribution in [0, 0.1) is 6.92 Å². The smallest absolute Gasteiger partial charge is 0.319 e. The van der Waals surface area contributed by atoms with Crippen LogP contribution in [0.1, 0.15) is 21.6 Å². The summed E-state index contributed by atoms with van der Waals surface area (Å²) in [6, 6.07) is 8.17. The van der Waals surface area contributed by atoms with E-state index in [2.05, 4.69) is 11.1 Å². The Balaban J connectivity index is 1.70. The maximum Gasteiger partial charge on any atom is 0.319 e. The molecule has 2 aromatic heterocycles. The number of thiophene rings is 1. The number of fused-ring (bicyclic) bond motifs is 3. The minimum Gasteiger partial charge on any atom is -0.331 e. The fraction of sp³-hybridized carbons (Fsp3) is 0.350. The number of nitrogens with zero attached hydrogens (tertiary/aromatic N) is 4. The first kappa shape index (κ1) is 17.7. The Morgan fingerprint density at radius 3 is 2.89 bits per heavy atom. The highest BCUT2D eigenvalue weighted by Crippen LogP contribution is 2.32. The second-order valence-electron chi connectivity index (χ2n) is 7.20. The Hall–Kier alpha value is -2.67. The molecule has 2 amide bonds. The number of rotatable bonds is 2. The average Bonchev–Trinajstić information content (AvgIpc) is 3.01. The fourth-order valence-corrected chi connectivity index (χ4v) is 4.78. The summed E-state index contributed by atoms with van der Waals surface area (Å²) in [7, 11) is 3.52. The number of aromatic nitrogens is 2. The summed E-state index contributed by atoms with van der Waals surface area (Å²) in [5.41, 5.74) is 3.33. The van der Waals surface area contributed by atoms with Crippen LogP contribution in [0.2, 0.25) is 0 Å². The lowest BCUT2D eigenvalue weighted by Crippen LogP contribution is -2.41. The molecule has 0 saturated heterocycles. The zero-order valence-electron chi connectivity index (χ0n) is 15.7. The Labute approximate surface area is 161 Å². The van der Waals surface area contributed by atoms with Crippen molar-refractivity contribution in [3.63, 3.8) is 0 Å². The minimum atomic E-state index is 0.00271. The highest BCUT2D eigenvalue weighted by Gasteiger charge is 2.27. The van der Waals surface area contributed by atoms with Gasteiger partial charge in [0.2, 0.25) is 0 Å². The summed E-state index contributed by atoms with van der Waals surface area (Å²) >= 11 is 1.53. The van der Waals surface area contributed by atoms with Gasteiger partial charge in [0.05, 0.1) is 24.8 Å². The number of urea groups is 1. The SMILES string of the molecule is Cc1cccc(Cn2cnc3sc4c(c3c2=O)CCN(C(=O)N(C)C)C4)c1. The lowest BCUT2D eigenvalue weighted by molar-refractivity contribution is 0.166. The number of aryl methyl sites for hydroxylation is 1. The molecular formula is C20H22N4O2S. The van der Waals surface area contributed by atoms with Crippen molar-refractivity contribution in [2.45, 2.75) is 26.4 Å². The van der Waals surface area contributed by atoms with Crippen molar-refractivity contribution in [1.82, 2.24) is 19.4 Å². The zero-order valence-corrected chi connectivity index (χ0v) is 16.5. The van der Waals surface area contributed by atoms with Crippen molar-refractivity contribution >= 4 is 27.6 Å². The van der Waals surface area contributed by atoms with Crippen molar-refractivity contribution in [1.29, 1.82) is 0 Å². The third-order valence-corrected chi connectivity index (χ3v) is 6.04. The predicted molar refractivity (Wildman–Crippen MR) is 107 cm³/mol. The van der Waals surface area contributed by atoms with Crippen LogP contribution in [-0.2, 0) is 19.5 Å². The topological polar surface area (TPSA) is 58.4 Å². The predicted octanol–water partition coefficient (Wildman–Crippen LogP) is 2.85. The number of amides is 2. The van der Waals surface area contributed by atoms with Crippen molar-refractivity contribution in [2.75, 3.05) is 20.6 Å². The van der Waals surface area contributed by atoms with Crippen LogP contribution in [0.3, 0.4) is 0 Å². The molecule has 140 valence electrons. The highest BCUT2D eigenvalue weighted by atomic mass is 32.1. The Bertz CT molecular complexity index is 1080. The molecule has 0 aliphatic carbocycles. The molecule has 1 aliphatic rings. The van der Waals surface area contributed by atoms with Gasteiger partial charge in [-0.1, -0.05) is 29.8 Å². The van der Waals surface area contributed by atoms with E-state index in [-0.39, 0.29) is 11.6 Å². The summed E-state index contributed by atoms with van der Waals surface area (Å²) < 4.78 is 1.68. The van der Waals surface area contributed by atoms with Gasteiger partial charge in [0.25, 0.3) is 5.56 Å². The molecule has 0 N–H and O–H groups in total. The molecular weight excluding hydrogens is 360 g/mol. The fourth-order valence-electron chi connectivity index (χ4n) is 3.58. The van der Waals surface area contributed by atoms with Crippen molar-refractivity contribution < 1.29 is 4.79 Å². The maximum absolute atomic E-state index is 13.1. The molecule has 7 heteroatoms. The molecule has 0 bridgehead atoms. The van der Waals surface area contributed by atoms with E-state index in [1.165, 1.54) is 16.9 Å². The summed E-state index contributed by atoms with van der Waals surface area (Å²) in [6.07, 6.45) is 2.33. The van der Waals surface area contributed by atoms with Gasteiger partial charge in [-0.15, -0.1) is 11.3 Å². The van der Waals surface area contributed by atoms with Crippen LogP contribution in [0.5, 0.6) is 0 Å². The van der Waals surface area contributed by atoms with Gasteiger partial charge >= 0.3 is 6.03 Å². The quantitative estimate of drug-likeness (QED) is 0.685. The number of hydrogen-bond acceptors (Lipinski definition) is 4. The minimum absolute atomic E-state index is 0.00271. The highest BCUT2D eigenvalue weighted by molar-refractivity contribution is 7.18. The van der Waals surface area contributed by atoms with Crippen molar-refractivity contribution in [3.05, 3.63) is 62.5 Å². The van der Waals surface area contributed by atoms with E-state index in [4.69, 9.17) is 0 Å². The molecule has 0 saturated carbocycles. The first-order chi connectivity index (χ1) is 12.9. The molecule has 0 unspecified atom stereocenters. The van der Waals surface area contributed by atoms with Crippen LogP contribution in [0.25, 0.3) is 10.2 Å². The van der Waals surface area contributed by atoms with Crippen LogP contribution < -0.4 is 5.56 Å². The summed E-state index contributed by atoms with van der Waals surface area (Å²) in [6.45, 7) is 3.73. The third-order valence-electron chi connectivity index (χ3n) is 4.92. The van der Waals surface area contributed by atoms with Gasteiger partial charge in [0.1, 0.15) is 4.83 Å². The monoisotopic (exact) mass is 382 g/mol. The van der Waals surface area contributed by atoms with Crippen LogP contribution in [-0.4, -0.2) is 46.0 Å². The first-order valence-electron chi connectivity index (χ1n) is 8.95. The normalized spacial score (nSPS) is 13.7. The van der Waals surface area contributed by atoms with Crippen molar-refractivity contribution in [2.24, 2.45) is 0 Å². The molecule has 0 atom stereocenters. The molecule has 1 aromatic carbocycles. The van der Waals surface area contributed by atoms with E-state index >= 15 is 0 Å². The van der Waals surface area contributed by atoms with Gasteiger partial charge < -0.3 is 9.80 Å². The number of carbonyl (C=O) groups is 1. The molecule has 4 rings (SSSR count). The number of carbonyl (C=O) groups excluding carboxylic acids is 1. The summed E-state index contributed by atoms with van der Waals surface area (Å²) in [5, 5.41) is 0.724. The Morgan fingerprint density at radius 1 is 1.33 bits per heavy atom. The van der Waals surface area contributed by atoms with Gasteiger partial charge in [0, 0.05) is 25.5 Å². The lowest BCUT2D eigenvalue weighted by atomic mass is 10.1. The second-order valence-corrected chi connectivity index (χ2v) is 8.28. The average molecular weight is 382 g/mol. The van der Waals surface area contributed by atoms with E-state index in [1.807, 2.05) is 30.0 Å². The first-order valence-corrected chi connectivity index (χ1v) is 9.77. The standard InChI is InChI=1S/C20H22N4O2S/c1-13-5-4-6-14(9-13)10-24-12-21-18-17(19(24)25)15-7-8-23(11-16(15)27-18)20(26)22(2)3/h4-6,9,12H,7-8,10-11H2,1-3H3.